The van der Waals surface area contributed by atoms with Crippen molar-refractivity contribution in [1.82, 2.24) is 5.32 Å². The maximum atomic E-state index is 11.6. The zero-order valence-electron chi connectivity index (χ0n) is 11.2. The van der Waals surface area contributed by atoms with Crippen molar-refractivity contribution in [2.45, 2.75) is 31.2 Å². The second kappa shape index (κ2) is 4.85. The summed E-state index contributed by atoms with van der Waals surface area (Å²) in [5, 5.41) is 2.87. The lowest BCUT2D eigenvalue weighted by molar-refractivity contribution is -0.120. The van der Waals surface area contributed by atoms with Crippen LogP contribution in [0.25, 0.3) is 0 Å². The summed E-state index contributed by atoms with van der Waals surface area (Å²) in [7, 11) is 0. The molecule has 1 amide bonds. The van der Waals surface area contributed by atoms with Crippen LogP contribution < -0.4 is 16.0 Å². The third-order valence-corrected chi connectivity index (χ3v) is 4.32. The molecular weight excluding hydrogens is 238 g/mol. The molecule has 0 bridgehead atoms. The standard InChI is InChI=1S/C15H21N3O/c16-15(7-3-4-8-15)12-5-1-2-6-13(12)18-10-9-17-14(19)11-18/h1-2,5-6H,3-4,7-11,16H2,(H,17,19). The Bertz CT molecular complexity index is 480. The average Bonchev–Trinajstić information content (AvgIpc) is 2.87. The molecule has 2 fully saturated rings. The third kappa shape index (κ3) is 2.32. The largest absolute Gasteiger partial charge is 0.360 e. The molecule has 1 aromatic rings. The number of carbonyl (C=O) groups excluding carboxylic acids is 1. The second-order valence-corrected chi connectivity index (χ2v) is 5.65. The first-order chi connectivity index (χ1) is 9.19. The van der Waals surface area contributed by atoms with E-state index in [-0.39, 0.29) is 11.4 Å². The first-order valence-corrected chi connectivity index (χ1v) is 7.09. The number of rotatable bonds is 2. The summed E-state index contributed by atoms with van der Waals surface area (Å²) in [5.74, 6) is 0.0959. The smallest absolute Gasteiger partial charge is 0.239 e. The van der Waals surface area contributed by atoms with Crippen LogP contribution in [-0.2, 0) is 10.3 Å². The van der Waals surface area contributed by atoms with Crippen LogP contribution in [0.5, 0.6) is 0 Å². The molecule has 0 atom stereocenters. The van der Waals surface area contributed by atoms with Gasteiger partial charge in [0.1, 0.15) is 0 Å². The van der Waals surface area contributed by atoms with Gasteiger partial charge < -0.3 is 16.0 Å². The lowest BCUT2D eigenvalue weighted by Gasteiger charge is -2.34. The van der Waals surface area contributed by atoms with E-state index in [1.165, 1.54) is 18.4 Å². The van der Waals surface area contributed by atoms with Gasteiger partial charge in [0.15, 0.2) is 0 Å². The van der Waals surface area contributed by atoms with Gasteiger partial charge in [0, 0.05) is 24.3 Å². The first-order valence-electron chi connectivity index (χ1n) is 7.09. The number of nitrogens with one attached hydrogen (secondary N) is 1. The number of amides is 1. The summed E-state index contributed by atoms with van der Waals surface area (Å²) < 4.78 is 0. The number of hydrogen-bond acceptors (Lipinski definition) is 3. The van der Waals surface area contributed by atoms with Crippen LogP contribution >= 0.6 is 0 Å². The van der Waals surface area contributed by atoms with Crippen LogP contribution in [0.3, 0.4) is 0 Å². The van der Waals surface area contributed by atoms with E-state index in [0.29, 0.717) is 13.1 Å². The summed E-state index contributed by atoms with van der Waals surface area (Å²) in [4.78, 5) is 13.7. The molecule has 102 valence electrons. The van der Waals surface area contributed by atoms with Gasteiger partial charge in [-0.25, -0.2) is 0 Å². The number of nitrogens with two attached hydrogens (primary N) is 1. The Hall–Kier alpha value is -1.55. The molecule has 1 saturated heterocycles. The summed E-state index contributed by atoms with van der Waals surface area (Å²) in [6, 6.07) is 8.31. The predicted octanol–water partition coefficient (Wildman–Crippen LogP) is 1.35. The van der Waals surface area contributed by atoms with Crippen LogP contribution in [0, 0.1) is 0 Å². The first kappa shape index (κ1) is 12.5. The highest BCUT2D eigenvalue weighted by molar-refractivity contribution is 5.83. The molecule has 4 nitrogen and oxygen atoms in total. The fourth-order valence-electron chi connectivity index (χ4n) is 3.29. The van der Waals surface area contributed by atoms with E-state index in [1.54, 1.807) is 0 Å². The van der Waals surface area contributed by atoms with Crippen molar-refractivity contribution < 1.29 is 4.79 Å². The van der Waals surface area contributed by atoms with Gasteiger partial charge in [0.2, 0.25) is 5.91 Å². The number of nitrogens with zero attached hydrogens (tertiary/aromatic N) is 1. The van der Waals surface area contributed by atoms with Gasteiger partial charge in [0.05, 0.1) is 6.54 Å². The highest BCUT2D eigenvalue weighted by atomic mass is 16.2. The molecule has 4 heteroatoms. The topological polar surface area (TPSA) is 58.4 Å². The molecule has 1 saturated carbocycles. The van der Waals surface area contributed by atoms with Crippen LogP contribution in [-0.4, -0.2) is 25.5 Å². The molecule has 1 heterocycles. The van der Waals surface area contributed by atoms with Gasteiger partial charge in [-0.2, -0.15) is 0 Å². The van der Waals surface area contributed by atoms with Crippen molar-refractivity contribution in [1.29, 1.82) is 0 Å². The molecule has 3 rings (SSSR count). The summed E-state index contributed by atoms with van der Waals surface area (Å²) >= 11 is 0. The Labute approximate surface area is 114 Å². The third-order valence-electron chi connectivity index (χ3n) is 4.32. The Morgan fingerprint density at radius 3 is 2.68 bits per heavy atom. The van der Waals surface area contributed by atoms with Gasteiger partial charge in [-0.05, 0) is 24.5 Å². The molecule has 0 aromatic heterocycles. The lowest BCUT2D eigenvalue weighted by Crippen LogP contribution is -2.48. The van der Waals surface area contributed by atoms with Crippen molar-refractivity contribution in [3.8, 4) is 0 Å². The lowest BCUT2D eigenvalue weighted by atomic mass is 9.87. The molecule has 0 radical (unpaired) electrons. The minimum absolute atomic E-state index is 0.0959. The molecule has 1 aliphatic heterocycles. The molecule has 0 unspecified atom stereocenters. The van der Waals surface area contributed by atoms with Crippen LogP contribution in [0.1, 0.15) is 31.2 Å². The molecule has 1 aromatic carbocycles. The zero-order valence-corrected chi connectivity index (χ0v) is 11.2. The monoisotopic (exact) mass is 259 g/mol. The number of para-hydroxylation sites is 1. The quantitative estimate of drug-likeness (QED) is 0.843. The van der Waals surface area contributed by atoms with Gasteiger partial charge in [-0.15, -0.1) is 0 Å². The molecule has 2 aliphatic rings. The normalized spacial score (nSPS) is 22.4. The van der Waals surface area contributed by atoms with Gasteiger partial charge in [-0.3, -0.25) is 4.79 Å². The van der Waals surface area contributed by atoms with Crippen LogP contribution in [0.4, 0.5) is 5.69 Å². The number of benzene rings is 1. The number of piperazine rings is 1. The van der Waals surface area contributed by atoms with Gasteiger partial charge in [-0.1, -0.05) is 31.0 Å². The molecule has 3 N–H and O–H groups in total. The maximum Gasteiger partial charge on any atom is 0.239 e. The van der Waals surface area contributed by atoms with Crippen molar-refractivity contribution in [2.24, 2.45) is 5.73 Å². The Morgan fingerprint density at radius 1 is 1.21 bits per heavy atom. The highest BCUT2D eigenvalue weighted by Gasteiger charge is 2.34. The second-order valence-electron chi connectivity index (χ2n) is 5.65. The fourth-order valence-corrected chi connectivity index (χ4v) is 3.29. The van der Waals surface area contributed by atoms with E-state index >= 15 is 0 Å². The maximum absolute atomic E-state index is 11.6. The minimum atomic E-state index is -0.204. The fraction of sp³-hybridized carbons (Fsp3) is 0.533. The van der Waals surface area contributed by atoms with Gasteiger partial charge in [0.25, 0.3) is 0 Å². The van der Waals surface area contributed by atoms with E-state index in [1.807, 2.05) is 6.07 Å². The van der Waals surface area contributed by atoms with Crippen molar-refractivity contribution in [2.75, 3.05) is 24.5 Å². The van der Waals surface area contributed by atoms with E-state index < -0.39 is 0 Å². The summed E-state index contributed by atoms with van der Waals surface area (Å²) in [6.45, 7) is 2.01. The summed E-state index contributed by atoms with van der Waals surface area (Å²) in [6.07, 6.45) is 4.49. The van der Waals surface area contributed by atoms with Crippen LogP contribution in [0.15, 0.2) is 24.3 Å². The average molecular weight is 259 g/mol. The van der Waals surface area contributed by atoms with E-state index in [2.05, 4.69) is 28.4 Å². The van der Waals surface area contributed by atoms with Crippen molar-refractivity contribution in [3.63, 3.8) is 0 Å². The van der Waals surface area contributed by atoms with Crippen molar-refractivity contribution in [3.05, 3.63) is 29.8 Å². The molecule has 19 heavy (non-hydrogen) atoms. The Morgan fingerprint density at radius 2 is 1.95 bits per heavy atom. The van der Waals surface area contributed by atoms with E-state index in [9.17, 15) is 4.79 Å². The van der Waals surface area contributed by atoms with Crippen molar-refractivity contribution >= 4 is 11.6 Å². The zero-order chi connectivity index (χ0) is 13.3. The van der Waals surface area contributed by atoms with E-state index in [0.717, 1.165) is 25.1 Å². The molecule has 0 spiro atoms. The Kier molecular flexibility index (Phi) is 3.19. The van der Waals surface area contributed by atoms with Gasteiger partial charge >= 0.3 is 0 Å². The minimum Gasteiger partial charge on any atom is -0.360 e. The number of anilines is 1. The SMILES string of the molecule is NC1(c2ccccc2N2CCNC(=O)C2)CCCC1. The molecular formula is C15H21N3O. The number of carbonyl (C=O) groups is 1. The van der Waals surface area contributed by atoms with E-state index in [4.69, 9.17) is 5.73 Å². The van der Waals surface area contributed by atoms with Crippen LogP contribution in [0.2, 0.25) is 0 Å². The molecule has 1 aliphatic carbocycles. The highest BCUT2D eigenvalue weighted by Crippen LogP contribution is 2.40. The number of hydrogen-bond donors (Lipinski definition) is 2. The summed E-state index contributed by atoms with van der Waals surface area (Å²) in [5.41, 5.74) is 8.74. The predicted molar refractivity (Wildman–Crippen MR) is 76.0 cm³/mol. The Balaban J connectivity index is 1.95.